The third-order valence-electron chi connectivity index (χ3n) is 4.98. The second kappa shape index (κ2) is 10.5. The molecule has 2 atom stereocenters. The predicted molar refractivity (Wildman–Crippen MR) is 120 cm³/mol. The van der Waals surface area contributed by atoms with Crippen molar-refractivity contribution in [3.05, 3.63) is 48.5 Å². The molecule has 0 saturated carbocycles. The minimum atomic E-state index is 0. The van der Waals surface area contributed by atoms with E-state index in [1.165, 1.54) is 5.56 Å². The Balaban J connectivity index is 0.00000261. The molecule has 7 heteroatoms. The Hall–Kier alpha value is -1.77. The Morgan fingerprint density at radius 1 is 1.41 bits per heavy atom. The van der Waals surface area contributed by atoms with Crippen LogP contribution in [0.3, 0.4) is 0 Å². The first-order valence-corrected chi connectivity index (χ1v) is 9.30. The minimum absolute atomic E-state index is 0. The maximum Gasteiger partial charge on any atom is 0.193 e. The molecule has 0 bridgehead atoms. The standard InChI is InChI=1S/C20H29N5O.HI/c1-16-5-4-6-18(13-16)26-12-9-23-20(21-3)24-10-7-17(2)19(14-24)25-11-8-22-15-25;/h4-6,8,11,13,15,17,19H,7,9-10,12,14H2,1-3H3,(H,21,23);1H. The number of ether oxygens (including phenoxy) is 1. The van der Waals surface area contributed by atoms with Crippen LogP contribution in [-0.4, -0.2) is 53.7 Å². The van der Waals surface area contributed by atoms with Gasteiger partial charge in [-0.15, -0.1) is 24.0 Å². The van der Waals surface area contributed by atoms with Gasteiger partial charge in [0.2, 0.25) is 0 Å². The van der Waals surface area contributed by atoms with Gasteiger partial charge >= 0.3 is 0 Å². The normalized spacial score (nSPS) is 20.1. The largest absolute Gasteiger partial charge is 0.492 e. The highest BCUT2D eigenvalue weighted by Gasteiger charge is 2.28. The van der Waals surface area contributed by atoms with Crippen LogP contribution in [0.2, 0.25) is 0 Å². The third kappa shape index (κ3) is 5.85. The van der Waals surface area contributed by atoms with Crippen molar-refractivity contribution < 1.29 is 4.74 Å². The maximum atomic E-state index is 5.82. The predicted octanol–water partition coefficient (Wildman–Crippen LogP) is 3.35. The number of hydrogen-bond donors (Lipinski definition) is 1. The van der Waals surface area contributed by atoms with Crippen LogP contribution < -0.4 is 10.1 Å². The fourth-order valence-electron chi connectivity index (χ4n) is 3.46. The van der Waals surface area contributed by atoms with E-state index in [0.717, 1.165) is 37.8 Å². The van der Waals surface area contributed by atoms with Crippen LogP contribution in [0, 0.1) is 12.8 Å². The lowest BCUT2D eigenvalue weighted by molar-refractivity contribution is 0.188. The summed E-state index contributed by atoms with van der Waals surface area (Å²) < 4.78 is 8.03. The van der Waals surface area contributed by atoms with Gasteiger partial charge in [-0.05, 0) is 37.0 Å². The summed E-state index contributed by atoms with van der Waals surface area (Å²) in [5.41, 5.74) is 1.21. The second-order valence-corrected chi connectivity index (χ2v) is 6.93. The Morgan fingerprint density at radius 3 is 2.96 bits per heavy atom. The molecule has 1 aromatic carbocycles. The van der Waals surface area contributed by atoms with Gasteiger partial charge in [0, 0.05) is 32.5 Å². The molecule has 0 amide bonds. The van der Waals surface area contributed by atoms with E-state index < -0.39 is 0 Å². The van der Waals surface area contributed by atoms with Crippen LogP contribution in [0.5, 0.6) is 5.75 Å². The molecule has 1 saturated heterocycles. The molecule has 148 valence electrons. The fraction of sp³-hybridized carbons (Fsp3) is 0.500. The van der Waals surface area contributed by atoms with Crippen LogP contribution in [0.1, 0.15) is 24.9 Å². The van der Waals surface area contributed by atoms with Crippen LogP contribution in [-0.2, 0) is 0 Å². The highest BCUT2D eigenvalue weighted by Crippen LogP contribution is 2.27. The summed E-state index contributed by atoms with van der Waals surface area (Å²) in [7, 11) is 1.84. The lowest BCUT2D eigenvalue weighted by Crippen LogP contribution is -2.49. The number of likely N-dealkylation sites (tertiary alicyclic amines) is 1. The SMILES string of the molecule is CN=C(NCCOc1cccc(C)c1)N1CCC(C)C(n2ccnc2)C1.I. The van der Waals surface area contributed by atoms with Crippen molar-refractivity contribution in [2.75, 3.05) is 33.3 Å². The summed E-state index contributed by atoms with van der Waals surface area (Å²) >= 11 is 0. The van der Waals surface area contributed by atoms with E-state index in [4.69, 9.17) is 4.74 Å². The van der Waals surface area contributed by atoms with Gasteiger partial charge in [0.25, 0.3) is 0 Å². The van der Waals surface area contributed by atoms with E-state index in [0.29, 0.717) is 18.6 Å². The molecule has 3 rings (SSSR count). The van der Waals surface area contributed by atoms with Gasteiger partial charge in [-0.25, -0.2) is 4.98 Å². The van der Waals surface area contributed by atoms with Crippen molar-refractivity contribution in [1.82, 2.24) is 19.8 Å². The first-order chi connectivity index (χ1) is 12.7. The van der Waals surface area contributed by atoms with E-state index >= 15 is 0 Å². The number of rotatable bonds is 5. The zero-order valence-corrected chi connectivity index (χ0v) is 18.7. The van der Waals surface area contributed by atoms with Crippen molar-refractivity contribution in [2.24, 2.45) is 10.9 Å². The quantitative estimate of drug-likeness (QED) is 0.307. The number of aryl methyl sites for hydroxylation is 1. The van der Waals surface area contributed by atoms with Gasteiger partial charge in [-0.2, -0.15) is 0 Å². The van der Waals surface area contributed by atoms with Gasteiger partial charge in [0.1, 0.15) is 12.4 Å². The van der Waals surface area contributed by atoms with Crippen LogP contribution in [0.4, 0.5) is 0 Å². The zero-order valence-electron chi connectivity index (χ0n) is 16.3. The molecule has 0 spiro atoms. The summed E-state index contributed by atoms with van der Waals surface area (Å²) in [5, 5.41) is 3.43. The Labute approximate surface area is 179 Å². The molecule has 0 aliphatic carbocycles. The number of piperidine rings is 1. The number of aliphatic imine (C=N–C) groups is 1. The van der Waals surface area contributed by atoms with Crippen LogP contribution in [0.15, 0.2) is 48.0 Å². The summed E-state index contributed by atoms with van der Waals surface area (Å²) in [6.07, 6.45) is 6.96. The summed E-state index contributed by atoms with van der Waals surface area (Å²) in [6.45, 7) is 7.68. The minimum Gasteiger partial charge on any atom is -0.492 e. The molecule has 2 aromatic rings. The average Bonchev–Trinajstić information content (AvgIpc) is 3.17. The number of halogens is 1. The van der Waals surface area contributed by atoms with Crippen molar-refractivity contribution in [3.8, 4) is 5.75 Å². The van der Waals surface area contributed by atoms with Crippen molar-refractivity contribution in [1.29, 1.82) is 0 Å². The van der Waals surface area contributed by atoms with Crippen molar-refractivity contribution >= 4 is 29.9 Å². The fourth-order valence-corrected chi connectivity index (χ4v) is 3.46. The average molecular weight is 483 g/mol. The van der Waals surface area contributed by atoms with Crippen LogP contribution in [0.25, 0.3) is 0 Å². The number of imidazole rings is 1. The maximum absolute atomic E-state index is 5.82. The monoisotopic (exact) mass is 483 g/mol. The highest BCUT2D eigenvalue weighted by molar-refractivity contribution is 14.0. The lowest BCUT2D eigenvalue weighted by atomic mass is 9.93. The topological polar surface area (TPSA) is 54.7 Å². The van der Waals surface area contributed by atoms with E-state index in [9.17, 15) is 0 Å². The van der Waals surface area contributed by atoms with Gasteiger partial charge in [0.05, 0.1) is 18.9 Å². The molecule has 1 fully saturated rings. The first kappa shape index (κ1) is 21.5. The summed E-state index contributed by atoms with van der Waals surface area (Å²) in [4.78, 5) is 11.0. The highest BCUT2D eigenvalue weighted by atomic mass is 127. The van der Waals surface area contributed by atoms with E-state index in [1.807, 2.05) is 31.7 Å². The molecule has 2 unspecified atom stereocenters. The van der Waals surface area contributed by atoms with E-state index in [2.05, 4.69) is 56.9 Å². The Morgan fingerprint density at radius 2 is 2.26 bits per heavy atom. The molecule has 0 radical (unpaired) electrons. The number of guanidine groups is 1. The smallest absolute Gasteiger partial charge is 0.193 e. The Bertz CT molecular complexity index is 719. The number of nitrogens with zero attached hydrogens (tertiary/aromatic N) is 4. The molecular weight excluding hydrogens is 453 g/mol. The molecule has 1 aliphatic rings. The lowest BCUT2D eigenvalue weighted by Gasteiger charge is -2.39. The van der Waals surface area contributed by atoms with E-state index in [-0.39, 0.29) is 24.0 Å². The summed E-state index contributed by atoms with van der Waals surface area (Å²) in [5.74, 6) is 2.48. The zero-order chi connectivity index (χ0) is 18.4. The molecule has 27 heavy (non-hydrogen) atoms. The van der Waals surface area contributed by atoms with Gasteiger partial charge in [0.15, 0.2) is 5.96 Å². The first-order valence-electron chi connectivity index (χ1n) is 9.30. The Kier molecular flexibility index (Phi) is 8.40. The second-order valence-electron chi connectivity index (χ2n) is 6.93. The number of aromatic nitrogens is 2. The number of nitrogens with one attached hydrogen (secondary N) is 1. The van der Waals surface area contributed by atoms with Gasteiger partial charge < -0.3 is 19.5 Å². The summed E-state index contributed by atoms with van der Waals surface area (Å²) in [6, 6.07) is 8.55. The number of hydrogen-bond acceptors (Lipinski definition) is 3. The molecular formula is C20H30IN5O. The number of benzene rings is 1. The molecule has 1 aromatic heterocycles. The van der Waals surface area contributed by atoms with Crippen molar-refractivity contribution in [2.45, 2.75) is 26.3 Å². The van der Waals surface area contributed by atoms with Crippen LogP contribution >= 0.6 is 24.0 Å². The third-order valence-corrected chi connectivity index (χ3v) is 4.98. The molecule has 6 nitrogen and oxygen atoms in total. The van der Waals surface area contributed by atoms with Gasteiger partial charge in [-0.3, -0.25) is 4.99 Å². The molecule has 1 N–H and O–H groups in total. The molecule has 1 aliphatic heterocycles. The van der Waals surface area contributed by atoms with Crippen molar-refractivity contribution in [3.63, 3.8) is 0 Å². The van der Waals surface area contributed by atoms with Gasteiger partial charge in [-0.1, -0.05) is 19.1 Å². The van der Waals surface area contributed by atoms with E-state index in [1.54, 1.807) is 0 Å². The molecule has 2 heterocycles.